The third-order valence-electron chi connectivity index (χ3n) is 14.4. The van der Waals surface area contributed by atoms with Crippen LogP contribution in [0.3, 0.4) is 0 Å². The highest BCUT2D eigenvalue weighted by atomic mass is 15.0. The van der Waals surface area contributed by atoms with Crippen LogP contribution >= 0.6 is 0 Å². The van der Waals surface area contributed by atoms with Crippen LogP contribution in [0.25, 0.3) is 82.8 Å². The van der Waals surface area contributed by atoms with Crippen molar-refractivity contribution in [3.8, 4) is 50.2 Å². The Kier molecular flexibility index (Phi) is 8.50. The Hall–Kier alpha value is -7.10. The van der Waals surface area contributed by atoms with Gasteiger partial charge in [-0.05, 0) is 145 Å². The first-order valence-corrected chi connectivity index (χ1v) is 22.6. The summed E-state index contributed by atoms with van der Waals surface area (Å²) in [7, 11) is 0.813. The Balaban J connectivity index is 1.13. The monoisotopic (exact) mass is 808 g/mol. The highest BCUT2D eigenvalue weighted by Gasteiger charge is 2.37. The highest BCUT2D eigenvalue weighted by molar-refractivity contribution is 6.73. The predicted molar refractivity (Wildman–Crippen MR) is 271 cm³/mol. The molecule has 1 aromatic heterocycles. The van der Waals surface area contributed by atoms with Gasteiger partial charge in [-0.25, -0.2) is 0 Å². The molecule has 0 bridgehead atoms. The summed E-state index contributed by atoms with van der Waals surface area (Å²) in [4.78, 5) is 0. The molecule has 1 N–H and O–H groups in total. The van der Waals surface area contributed by atoms with Crippen LogP contribution in [0.15, 0.2) is 188 Å². The summed E-state index contributed by atoms with van der Waals surface area (Å²) in [6.45, 7) is 9.64. The molecule has 0 amide bonds. The maximum Gasteiger partial charge on any atom is 0.198 e. The quantitative estimate of drug-likeness (QED) is 0.166. The molecule has 0 unspecified atom stereocenters. The van der Waals surface area contributed by atoms with E-state index in [1.54, 1.807) is 0 Å². The first kappa shape index (κ1) is 37.6. The van der Waals surface area contributed by atoms with E-state index in [0.717, 1.165) is 18.7 Å². The van der Waals surface area contributed by atoms with Gasteiger partial charge in [0.2, 0.25) is 0 Å². The van der Waals surface area contributed by atoms with Crippen molar-refractivity contribution in [2.75, 3.05) is 5.32 Å². The largest absolute Gasteiger partial charge is 0.355 e. The smallest absolute Gasteiger partial charge is 0.198 e. The molecule has 10 aromatic rings. The van der Waals surface area contributed by atoms with Gasteiger partial charge in [-0.1, -0.05) is 167 Å². The summed E-state index contributed by atoms with van der Waals surface area (Å²) >= 11 is 0. The number of hydrogen-bond donors (Lipinski definition) is 1. The number of anilines is 2. The van der Waals surface area contributed by atoms with E-state index in [4.69, 9.17) is 0 Å². The summed E-state index contributed by atoms with van der Waals surface area (Å²) in [6, 6.07) is 70.3. The minimum Gasteiger partial charge on any atom is -0.355 e. The van der Waals surface area contributed by atoms with E-state index in [2.05, 4.69) is 226 Å². The molecule has 0 fully saturated rings. The van der Waals surface area contributed by atoms with Gasteiger partial charge in [-0.2, -0.15) is 0 Å². The van der Waals surface area contributed by atoms with Gasteiger partial charge in [-0.15, -0.1) is 0 Å². The van der Waals surface area contributed by atoms with E-state index in [1.807, 2.05) is 0 Å². The molecule has 0 saturated carbocycles. The third kappa shape index (κ3) is 6.24. The molecule has 2 nitrogen and oxygen atoms in total. The average Bonchev–Trinajstić information content (AvgIpc) is 3.65. The summed E-state index contributed by atoms with van der Waals surface area (Å²) in [5, 5.41) is 9.08. The maximum atomic E-state index is 4.05. The molecular weight excluding hydrogens is 759 g/mol. The number of nitrogens with zero attached hydrogens (tertiary/aromatic N) is 1. The van der Waals surface area contributed by atoms with Crippen LogP contribution in [0, 0.1) is 0 Å². The van der Waals surface area contributed by atoms with Crippen LogP contribution in [0.1, 0.15) is 51.7 Å². The van der Waals surface area contributed by atoms with E-state index in [1.165, 1.54) is 118 Å². The minimum atomic E-state index is 0.108. The molecule has 63 heavy (non-hydrogen) atoms. The van der Waals surface area contributed by atoms with Crippen molar-refractivity contribution in [1.82, 2.24) is 4.57 Å². The summed E-state index contributed by atoms with van der Waals surface area (Å²) in [5.74, 6) is 0. The van der Waals surface area contributed by atoms with Crippen LogP contribution in [-0.4, -0.2) is 11.8 Å². The Morgan fingerprint density at radius 2 is 1.05 bits per heavy atom. The maximum absolute atomic E-state index is 4.05. The number of benzene rings is 9. The lowest BCUT2D eigenvalue weighted by Crippen LogP contribution is -2.37. The SMILES string of the molecule is CC1(C)CCC(C)(C)c2cc(Nc3cc4ccccc4cc3-c3cc(-c4ccccc4)cc4c3Bc3cc(-c5ccccc5)cc5c6cc(-c7ccccc7)ccc6n-4c35)ccc21. The molecule has 0 spiro atoms. The summed E-state index contributed by atoms with van der Waals surface area (Å²) in [5.41, 5.74) is 21.7. The number of hydrogen-bond acceptors (Lipinski definition) is 1. The van der Waals surface area contributed by atoms with Gasteiger partial charge < -0.3 is 9.88 Å². The van der Waals surface area contributed by atoms with Crippen molar-refractivity contribution >= 4 is 62.2 Å². The lowest BCUT2D eigenvalue weighted by atomic mass is 9.58. The predicted octanol–water partition coefficient (Wildman–Crippen LogP) is 14.4. The average molecular weight is 809 g/mol. The Labute approximate surface area is 371 Å². The van der Waals surface area contributed by atoms with Crippen LogP contribution in [0.4, 0.5) is 11.4 Å². The van der Waals surface area contributed by atoms with Crippen molar-refractivity contribution in [3.63, 3.8) is 0 Å². The van der Waals surface area contributed by atoms with Gasteiger partial charge in [-0.3, -0.25) is 0 Å². The van der Waals surface area contributed by atoms with Crippen LogP contribution in [0.5, 0.6) is 0 Å². The van der Waals surface area contributed by atoms with E-state index in [0.29, 0.717) is 0 Å². The molecule has 0 radical (unpaired) electrons. The second-order valence-corrected chi connectivity index (χ2v) is 19.3. The highest BCUT2D eigenvalue weighted by Crippen LogP contribution is 2.48. The van der Waals surface area contributed by atoms with Crippen molar-refractivity contribution in [2.24, 2.45) is 0 Å². The summed E-state index contributed by atoms with van der Waals surface area (Å²) < 4.78 is 2.58. The van der Waals surface area contributed by atoms with Gasteiger partial charge in [0.25, 0.3) is 0 Å². The fraction of sp³-hybridized carbons (Fsp3) is 0.133. The Morgan fingerprint density at radius 1 is 0.460 bits per heavy atom. The molecule has 12 rings (SSSR count). The molecule has 0 saturated heterocycles. The Morgan fingerprint density at radius 3 is 1.73 bits per heavy atom. The standard InChI is InChI=1S/C60H49BN2/c1-59(2)28-29-60(3,4)52-37-46(25-26-51(52)59)62-54-35-42-23-15-14-22-41(42)30-47(54)49-32-45(40-20-12-7-13-21-40)36-56-57(49)61-53-34-44(39-18-10-6-11-19-39)33-50-48-31-43(38-16-8-5-9-17-38)24-27-55(48)63(56)58(50)53/h5-27,30-37,61-62H,28-29H2,1-4H3. The zero-order chi connectivity index (χ0) is 42.5. The second kappa shape index (κ2) is 14.2. The topological polar surface area (TPSA) is 17.0 Å². The van der Waals surface area contributed by atoms with Gasteiger partial charge in [0.15, 0.2) is 7.28 Å². The van der Waals surface area contributed by atoms with Crippen molar-refractivity contribution in [1.29, 1.82) is 0 Å². The van der Waals surface area contributed by atoms with E-state index >= 15 is 0 Å². The van der Waals surface area contributed by atoms with E-state index in [9.17, 15) is 0 Å². The second-order valence-electron chi connectivity index (χ2n) is 19.3. The van der Waals surface area contributed by atoms with Crippen LogP contribution < -0.4 is 16.2 Å². The molecular formula is C60H49BN2. The van der Waals surface area contributed by atoms with E-state index < -0.39 is 0 Å². The van der Waals surface area contributed by atoms with E-state index in [-0.39, 0.29) is 10.8 Å². The van der Waals surface area contributed by atoms with Crippen molar-refractivity contribution in [3.05, 3.63) is 199 Å². The molecule has 3 heteroatoms. The van der Waals surface area contributed by atoms with Crippen LogP contribution in [-0.2, 0) is 10.8 Å². The fourth-order valence-electron chi connectivity index (χ4n) is 10.9. The molecule has 302 valence electrons. The Bertz CT molecular complexity index is 3430. The van der Waals surface area contributed by atoms with Gasteiger partial charge >= 0.3 is 0 Å². The zero-order valence-corrected chi connectivity index (χ0v) is 36.5. The molecule has 9 aromatic carbocycles. The van der Waals surface area contributed by atoms with Crippen molar-refractivity contribution in [2.45, 2.75) is 51.4 Å². The summed E-state index contributed by atoms with van der Waals surface area (Å²) in [6.07, 6.45) is 2.38. The first-order valence-electron chi connectivity index (χ1n) is 22.6. The molecule has 1 aliphatic heterocycles. The van der Waals surface area contributed by atoms with Gasteiger partial charge in [0, 0.05) is 38.9 Å². The molecule has 0 atom stereocenters. The molecule has 2 aliphatic rings. The lowest BCUT2D eigenvalue weighted by Gasteiger charge is -2.42. The zero-order valence-electron chi connectivity index (χ0n) is 36.5. The van der Waals surface area contributed by atoms with Gasteiger partial charge in [0.05, 0.1) is 5.52 Å². The van der Waals surface area contributed by atoms with Crippen molar-refractivity contribution < 1.29 is 0 Å². The minimum absolute atomic E-state index is 0.108. The molecule has 2 heterocycles. The third-order valence-corrected chi connectivity index (χ3v) is 14.4. The van der Waals surface area contributed by atoms with Crippen LogP contribution in [0.2, 0.25) is 0 Å². The number of fused-ring (bicyclic) bond motifs is 7. The van der Waals surface area contributed by atoms with Gasteiger partial charge in [0.1, 0.15) is 0 Å². The molecule has 1 aliphatic carbocycles. The number of aromatic nitrogens is 1. The number of rotatable bonds is 6. The lowest BCUT2D eigenvalue weighted by molar-refractivity contribution is 0.332. The number of nitrogens with one attached hydrogen (secondary N) is 1. The fourth-order valence-corrected chi connectivity index (χ4v) is 10.9. The first-order chi connectivity index (χ1) is 30.7. The normalized spacial score (nSPS) is 14.6.